The van der Waals surface area contributed by atoms with Crippen molar-refractivity contribution >= 4 is 17.6 Å². The van der Waals surface area contributed by atoms with Gasteiger partial charge in [-0.25, -0.2) is 4.39 Å². The summed E-state index contributed by atoms with van der Waals surface area (Å²) in [6.07, 6.45) is 0.735. The molecule has 0 aliphatic carbocycles. The monoisotopic (exact) mass is 503 g/mol. The SMILES string of the molecule is Cc1ccc(-c2ccc(N3CCN(C(=O)CN(CCC(C)C)C(=O)c4ccccc4F)CC3)nn2)cc1. The second-order valence-corrected chi connectivity index (χ2v) is 9.90. The molecule has 1 saturated heterocycles. The van der Waals surface area contributed by atoms with Crippen molar-refractivity contribution in [3.8, 4) is 11.3 Å². The molecule has 2 amide bonds. The topological polar surface area (TPSA) is 69.6 Å². The van der Waals surface area contributed by atoms with Gasteiger partial charge in [0.1, 0.15) is 12.4 Å². The molecular weight excluding hydrogens is 469 g/mol. The van der Waals surface area contributed by atoms with Crippen LogP contribution in [0.1, 0.15) is 36.2 Å². The Hall–Kier alpha value is -3.81. The average molecular weight is 504 g/mol. The van der Waals surface area contributed by atoms with Crippen molar-refractivity contribution < 1.29 is 14.0 Å². The number of amides is 2. The van der Waals surface area contributed by atoms with Gasteiger partial charge in [-0.05, 0) is 43.5 Å². The summed E-state index contributed by atoms with van der Waals surface area (Å²) in [6.45, 7) is 8.79. The Morgan fingerprint density at radius 1 is 0.946 bits per heavy atom. The molecule has 0 N–H and O–H groups in total. The lowest BCUT2D eigenvalue weighted by Gasteiger charge is -2.36. The first-order chi connectivity index (χ1) is 17.8. The highest BCUT2D eigenvalue weighted by Crippen LogP contribution is 2.20. The molecule has 0 atom stereocenters. The van der Waals surface area contributed by atoms with Crippen molar-refractivity contribution in [3.05, 3.63) is 77.6 Å². The number of carbonyl (C=O) groups excluding carboxylic acids is 2. The molecule has 1 aliphatic rings. The van der Waals surface area contributed by atoms with Crippen LogP contribution in [0.2, 0.25) is 0 Å². The lowest BCUT2D eigenvalue weighted by atomic mass is 10.1. The number of aryl methyl sites for hydroxylation is 1. The highest BCUT2D eigenvalue weighted by Gasteiger charge is 2.27. The average Bonchev–Trinajstić information content (AvgIpc) is 2.91. The van der Waals surface area contributed by atoms with E-state index in [1.807, 2.05) is 31.2 Å². The number of rotatable bonds is 8. The zero-order valence-electron chi connectivity index (χ0n) is 21.7. The van der Waals surface area contributed by atoms with E-state index in [9.17, 15) is 14.0 Å². The fourth-order valence-electron chi connectivity index (χ4n) is 4.29. The van der Waals surface area contributed by atoms with E-state index >= 15 is 0 Å². The third kappa shape index (κ3) is 6.70. The lowest BCUT2D eigenvalue weighted by molar-refractivity contribution is -0.132. The zero-order chi connectivity index (χ0) is 26.4. The van der Waals surface area contributed by atoms with Gasteiger partial charge in [0.2, 0.25) is 5.91 Å². The first-order valence-corrected chi connectivity index (χ1v) is 12.8. The van der Waals surface area contributed by atoms with E-state index in [-0.39, 0.29) is 18.0 Å². The predicted octanol–water partition coefficient (Wildman–Crippen LogP) is 4.43. The van der Waals surface area contributed by atoms with Crippen molar-refractivity contribution in [1.82, 2.24) is 20.0 Å². The number of nitrogens with zero attached hydrogens (tertiary/aromatic N) is 5. The molecule has 7 nitrogen and oxygen atoms in total. The summed E-state index contributed by atoms with van der Waals surface area (Å²) in [7, 11) is 0. The van der Waals surface area contributed by atoms with Crippen LogP contribution in [0.15, 0.2) is 60.7 Å². The molecule has 0 radical (unpaired) electrons. The van der Waals surface area contributed by atoms with Crippen molar-refractivity contribution in [1.29, 1.82) is 0 Å². The van der Waals surface area contributed by atoms with Crippen LogP contribution >= 0.6 is 0 Å². The normalized spacial score (nSPS) is 13.6. The minimum absolute atomic E-state index is 0.00321. The summed E-state index contributed by atoms with van der Waals surface area (Å²) < 4.78 is 14.3. The van der Waals surface area contributed by atoms with Gasteiger partial charge in [-0.1, -0.05) is 55.8 Å². The molecule has 1 fully saturated rings. The number of benzene rings is 2. The van der Waals surface area contributed by atoms with Gasteiger partial charge < -0.3 is 14.7 Å². The summed E-state index contributed by atoms with van der Waals surface area (Å²) in [6, 6.07) is 18.0. The molecule has 2 heterocycles. The third-order valence-corrected chi connectivity index (χ3v) is 6.65. The van der Waals surface area contributed by atoms with Crippen LogP contribution in [0, 0.1) is 18.7 Å². The largest absolute Gasteiger partial charge is 0.352 e. The van der Waals surface area contributed by atoms with Gasteiger partial charge in [-0.15, -0.1) is 10.2 Å². The number of halogens is 1. The van der Waals surface area contributed by atoms with Crippen molar-refractivity contribution in [2.24, 2.45) is 5.92 Å². The van der Waals surface area contributed by atoms with Crippen molar-refractivity contribution in [2.45, 2.75) is 27.2 Å². The smallest absolute Gasteiger partial charge is 0.257 e. The molecule has 3 aromatic rings. The van der Waals surface area contributed by atoms with E-state index in [0.717, 1.165) is 23.5 Å². The molecule has 194 valence electrons. The molecule has 1 aromatic heterocycles. The van der Waals surface area contributed by atoms with Crippen LogP contribution in [0.5, 0.6) is 0 Å². The maximum atomic E-state index is 14.3. The Kier molecular flexibility index (Phi) is 8.48. The Morgan fingerprint density at radius 2 is 1.65 bits per heavy atom. The van der Waals surface area contributed by atoms with E-state index in [4.69, 9.17) is 0 Å². The second-order valence-electron chi connectivity index (χ2n) is 9.90. The quantitative estimate of drug-likeness (QED) is 0.455. The number of carbonyl (C=O) groups is 2. The summed E-state index contributed by atoms with van der Waals surface area (Å²) in [5.74, 6) is -0.0227. The van der Waals surface area contributed by atoms with E-state index in [2.05, 4.69) is 41.1 Å². The van der Waals surface area contributed by atoms with Crippen molar-refractivity contribution in [3.63, 3.8) is 0 Å². The molecule has 37 heavy (non-hydrogen) atoms. The summed E-state index contributed by atoms with van der Waals surface area (Å²) in [5.41, 5.74) is 3.03. The maximum Gasteiger partial charge on any atom is 0.257 e. The van der Waals surface area contributed by atoms with Gasteiger partial charge >= 0.3 is 0 Å². The molecule has 4 rings (SSSR count). The molecule has 0 spiro atoms. The van der Waals surface area contributed by atoms with Crippen LogP contribution < -0.4 is 4.90 Å². The number of hydrogen-bond acceptors (Lipinski definition) is 5. The zero-order valence-corrected chi connectivity index (χ0v) is 21.7. The minimum atomic E-state index is -0.572. The first-order valence-electron chi connectivity index (χ1n) is 12.8. The molecule has 8 heteroatoms. The summed E-state index contributed by atoms with van der Waals surface area (Å²) in [4.78, 5) is 31.6. The van der Waals surface area contributed by atoms with Crippen LogP contribution in [0.4, 0.5) is 10.2 Å². The van der Waals surface area contributed by atoms with Crippen molar-refractivity contribution in [2.75, 3.05) is 44.2 Å². The van der Waals surface area contributed by atoms with E-state index in [1.54, 1.807) is 17.0 Å². The minimum Gasteiger partial charge on any atom is -0.352 e. The number of piperazine rings is 1. The number of anilines is 1. The van der Waals surface area contributed by atoms with Gasteiger partial charge in [-0.3, -0.25) is 9.59 Å². The Bertz CT molecular complexity index is 1210. The Morgan fingerprint density at radius 3 is 2.27 bits per heavy atom. The fraction of sp³-hybridized carbons (Fsp3) is 0.379. The number of hydrogen-bond donors (Lipinski definition) is 0. The van der Waals surface area contributed by atoms with E-state index < -0.39 is 11.7 Å². The molecule has 0 saturated carbocycles. The van der Waals surface area contributed by atoms with Crippen LogP contribution in [0.25, 0.3) is 11.3 Å². The Labute approximate surface area is 217 Å². The summed E-state index contributed by atoms with van der Waals surface area (Å²) >= 11 is 0. The summed E-state index contributed by atoms with van der Waals surface area (Å²) in [5, 5.41) is 8.80. The molecule has 0 bridgehead atoms. The predicted molar refractivity (Wildman–Crippen MR) is 143 cm³/mol. The Balaban J connectivity index is 1.36. The van der Waals surface area contributed by atoms with Gasteiger partial charge in [0.25, 0.3) is 5.91 Å². The first kappa shape index (κ1) is 26.3. The number of aromatic nitrogens is 2. The lowest BCUT2D eigenvalue weighted by Crippen LogP contribution is -2.52. The van der Waals surface area contributed by atoms with Gasteiger partial charge in [-0.2, -0.15) is 0 Å². The molecule has 1 aliphatic heterocycles. The molecule has 0 unspecified atom stereocenters. The highest BCUT2D eigenvalue weighted by atomic mass is 19.1. The highest BCUT2D eigenvalue weighted by molar-refractivity contribution is 5.96. The van der Waals surface area contributed by atoms with Crippen LogP contribution in [-0.2, 0) is 4.79 Å². The van der Waals surface area contributed by atoms with Crippen LogP contribution in [0.3, 0.4) is 0 Å². The molecule has 2 aromatic carbocycles. The van der Waals surface area contributed by atoms with E-state index in [1.165, 1.54) is 22.6 Å². The fourth-order valence-corrected chi connectivity index (χ4v) is 4.29. The maximum absolute atomic E-state index is 14.3. The second kappa shape index (κ2) is 12.0. The standard InChI is InChI=1S/C29H34FN5O2/c1-21(2)14-15-35(29(37)24-6-4-5-7-25(24)30)20-28(36)34-18-16-33(17-19-34)27-13-12-26(31-32-27)23-10-8-22(3)9-11-23/h4-13,21H,14-20H2,1-3H3. The van der Waals surface area contributed by atoms with Gasteiger partial charge in [0.15, 0.2) is 5.82 Å². The molecular formula is C29H34FN5O2. The third-order valence-electron chi connectivity index (χ3n) is 6.65. The van der Waals surface area contributed by atoms with Crippen LogP contribution in [-0.4, -0.2) is 71.1 Å². The van der Waals surface area contributed by atoms with E-state index in [0.29, 0.717) is 38.6 Å². The van der Waals surface area contributed by atoms with Gasteiger partial charge in [0.05, 0.1) is 11.3 Å². The van der Waals surface area contributed by atoms with Gasteiger partial charge in [0, 0.05) is 38.3 Å².